The van der Waals surface area contributed by atoms with Crippen molar-refractivity contribution in [3.63, 3.8) is 0 Å². The molecule has 0 aromatic heterocycles. The molecule has 3 saturated carbocycles. The molecule has 5 bridgehead atoms. The molecule has 6 rings (SSSR count). The van der Waals surface area contributed by atoms with Crippen LogP contribution in [0.3, 0.4) is 0 Å². The zero-order valence-electron chi connectivity index (χ0n) is 21.7. The van der Waals surface area contributed by atoms with E-state index in [9.17, 15) is 9.59 Å². The Morgan fingerprint density at radius 3 is 2.46 bits per heavy atom. The van der Waals surface area contributed by atoms with Crippen LogP contribution in [0, 0.1) is 34.5 Å². The van der Waals surface area contributed by atoms with E-state index in [2.05, 4.69) is 11.8 Å². The number of rotatable bonds is 7. The number of carbonyl (C=O) groups excluding carboxylic acids is 2. The van der Waals surface area contributed by atoms with E-state index in [1.54, 1.807) is 21.3 Å². The number of nitrogens with zero attached hydrogens (tertiary/aromatic N) is 1. The molecule has 4 fully saturated rings. The predicted octanol–water partition coefficient (Wildman–Crippen LogP) is 1.86. The summed E-state index contributed by atoms with van der Waals surface area (Å²) in [6, 6.07) is 0.256. The number of allylic oxidation sites excluding steroid dienone is 1. The average molecular weight is 490 g/mol. The van der Waals surface area contributed by atoms with Gasteiger partial charge in [0.25, 0.3) is 0 Å². The van der Waals surface area contributed by atoms with Crippen LogP contribution in [0.4, 0.5) is 0 Å². The van der Waals surface area contributed by atoms with Gasteiger partial charge < -0.3 is 23.7 Å². The molecule has 0 aromatic rings. The molecule has 8 heteroatoms. The Kier molecular flexibility index (Phi) is 5.56. The van der Waals surface area contributed by atoms with E-state index in [4.69, 9.17) is 23.7 Å². The Hall–Kier alpha value is -1.32. The second-order valence-electron chi connectivity index (χ2n) is 11.6. The van der Waals surface area contributed by atoms with Crippen molar-refractivity contribution in [2.45, 2.75) is 63.6 Å². The molecule has 0 radical (unpaired) electrons. The Morgan fingerprint density at radius 2 is 1.86 bits per heavy atom. The summed E-state index contributed by atoms with van der Waals surface area (Å²) in [5.41, 5.74) is 2.12. The van der Waals surface area contributed by atoms with Gasteiger partial charge in [0.2, 0.25) is 0 Å². The zero-order valence-corrected chi connectivity index (χ0v) is 21.7. The monoisotopic (exact) mass is 489 g/mol. The summed E-state index contributed by atoms with van der Waals surface area (Å²) in [5.74, 6) is 0.443. The van der Waals surface area contributed by atoms with Crippen LogP contribution >= 0.6 is 0 Å². The number of carbonyl (C=O) groups is 2. The minimum atomic E-state index is -0.415. The molecule has 1 saturated heterocycles. The molecule has 0 N–H and O–H groups in total. The molecule has 1 spiro atoms. The fourth-order valence-corrected chi connectivity index (χ4v) is 10.2. The summed E-state index contributed by atoms with van der Waals surface area (Å²) < 4.78 is 30.5. The van der Waals surface area contributed by atoms with Crippen molar-refractivity contribution in [2.24, 2.45) is 34.5 Å². The van der Waals surface area contributed by atoms with Gasteiger partial charge in [-0.1, -0.05) is 18.1 Å². The first-order valence-electron chi connectivity index (χ1n) is 13.1. The molecular formula is C27H39NO7. The number of fused-ring (bicyclic) bond motifs is 1. The maximum absolute atomic E-state index is 13.3. The van der Waals surface area contributed by atoms with Crippen molar-refractivity contribution in [3.05, 3.63) is 11.1 Å². The molecule has 0 amide bonds. The lowest BCUT2D eigenvalue weighted by atomic mass is 9.39. The minimum absolute atomic E-state index is 0.0414. The second-order valence-corrected chi connectivity index (χ2v) is 11.6. The van der Waals surface area contributed by atoms with Crippen LogP contribution < -0.4 is 0 Å². The molecule has 6 aliphatic rings. The minimum Gasteiger partial charge on any atom is -0.462 e. The Labute approximate surface area is 207 Å². The van der Waals surface area contributed by atoms with E-state index in [1.807, 2.05) is 7.11 Å². The van der Waals surface area contributed by atoms with E-state index >= 15 is 0 Å². The van der Waals surface area contributed by atoms with Gasteiger partial charge >= 0.3 is 5.97 Å². The van der Waals surface area contributed by atoms with Gasteiger partial charge in [-0.3, -0.25) is 14.5 Å². The second kappa shape index (κ2) is 8.09. The molecule has 1 heterocycles. The predicted molar refractivity (Wildman–Crippen MR) is 126 cm³/mol. The average Bonchev–Trinajstić information content (AvgIpc) is 2.98. The van der Waals surface area contributed by atoms with Gasteiger partial charge in [-0.25, -0.2) is 0 Å². The third-order valence-electron chi connectivity index (χ3n) is 10.8. The number of ketones is 1. The Balaban J connectivity index is 1.60. The van der Waals surface area contributed by atoms with Crippen LogP contribution in [0.1, 0.15) is 33.1 Å². The van der Waals surface area contributed by atoms with E-state index in [0.29, 0.717) is 19.4 Å². The molecular weight excluding hydrogens is 450 g/mol. The van der Waals surface area contributed by atoms with Crippen molar-refractivity contribution in [3.8, 4) is 0 Å². The summed E-state index contributed by atoms with van der Waals surface area (Å²) in [6.45, 7) is 5.87. The largest absolute Gasteiger partial charge is 0.462 e. The lowest BCUT2D eigenvalue weighted by Gasteiger charge is -2.71. The van der Waals surface area contributed by atoms with Crippen LogP contribution in [0.5, 0.6) is 0 Å². The third kappa shape index (κ3) is 2.65. The van der Waals surface area contributed by atoms with Gasteiger partial charge in [0.05, 0.1) is 18.8 Å². The number of piperidine rings is 1. The highest BCUT2D eigenvalue weighted by atomic mass is 16.6. The fraction of sp³-hybridized carbons (Fsp3) is 0.852. The van der Waals surface area contributed by atoms with Crippen LogP contribution in [0.25, 0.3) is 0 Å². The van der Waals surface area contributed by atoms with Crippen molar-refractivity contribution in [2.75, 3.05) is 48.1 Å². The Bertz CT molecular complexity index is 965. The number of Topliss-reactive ketones (excluding diaryl/α,β-unsaturated/α-hetero) is 1. The molecule has 1 unspecified atom stereocenters. The number of methoxy groups -OCH3 is 4. The van der Waals surface area contributed by atoms with E-state index < -0.39 is 5.41 Å². The first kappa shape index (κ1) is 24.0. The molecule has 194 valence electrons. The Morgan fingerprint density at radius 1 is 1.09 bits per heavy atom. The van der Waals surface area contributed by atoms with Gasteiger partial charge in [0.15, 0.2) is 5.78 Å². The molecule has 11 atom stereocenters. The topological polar surface area (TPSA) is 83.5 Å². The number of esters is 1. The molecule has 8 nitrogen and oxygen atoms in total. The number of ether oxygens (including phenoxy) is 5. The van der Waals surface area contributed by atoms with Crippen molar-refractivity contribution in [1.29, 1.82) is 0 Å². The van der Waals surface area contributed by atoms with Crippen molar-refractivity contribution in [1.82, 2.24) is 4.90 Å². The maximum atomic E-state index is 13.3. The summed E-state index contributed by atoms with van der Waals surface area (Å²) in [5, 5.41) is 0. The van der Waals surface area contributed by atoms with Crippen LogP contribution in [0.2, 0.25) is 0 Å². The SMILES string of the molecule is CCN1C[C@@]2(COC)[C@H]3[C@@H](OC)[C@@H]4C5=C6[C@H](C[C@H]6[C@]3(C41)[C@@H](OC)C[C@H]2OC(C)=O)C(=O)[C@H](OC)C5. The van der Waals surface area contributed by atoms with Crippen LogP contribution in [0.15, 0.2) is 11.1 Å². The van der Waals surface area contributed by atoms with Crippen LogP contribution in [-0.2, 0) is 33.3 Å². The first-order chi connectivity index (χ1) is 16.8. The number of hydrogen-bond acceptors (Lipinski definition) is 8. The molecule has 5 aliphatic carbocycles. The first-order valence-corrected chi connectivity index (χ1v) is 13.1. The fourth-order valence-electron chi connectivity index (χ4n) is 10.2. The van der Waals surface area contributed by atoms with Crippen LogP contribution in [-0.4, -0.2) is 95.2 Å². The highest BCUT2D eigenvalue weighted by molar-refractivity contribution is 5.92. The van der Waals surface area contributed by atoms with Crippen molar-refractivity contribution >= 4 is 11.8 Å². The van der Waals surface area contributed by atoms with E-state index in [0.717, 1.165) is 19.5 Å². The van der Waals surface area contributed by atoms with Gasteiger partial charge in [-0.2, -0.15) is 0 Å². The van der Waals surface area contributed by atoms with E-state index in [1.165, 1.54) is 18.1 Å². The van der Waals surface area contributed by atoms with Gasteiger partial charge in [-0.05, 0) is 18.9 Å². The van der Waals surface area contributed by atoms with Gasteiger partial charge in [0.1, 0.15) is 12.2 Å². The standard InChI is InChI=1S/C27H39NO7/c1-7-28-11-26(12-31-3)18(35-13(2)29)10-19(33-5)27-16-8-15-20(16)14(9-17(32-4)22(15)30)21(25(27)28)23(34-6)24(26)27/h15-19,21,23-25H,7-12H2,1-6H3/t15-,16+,17+,18+,19-,21-,23-,24+,25?,26-,27-/m0/s1. The summed E-state index contributed by atoms with van der Waals surface area (Å²) in [7, 11) is 7.00. The van der Waals surface area contributed by atoms with Gasteiger partial charge in [0, 0.05) is 89.4 Å². The summed E-state index contributed by atoms with van der Waals surface area (Å²) >= 11 is 0. The molecule has 0 aromatic carbocycles. The van der Waals surface area contributed by atoms with E-state index in [-0.39, 0.29) is 71.3 Å². The third-order valence-corrected chi connectivity index (χ3v) is 10.8. The summed E-state index contributed by atoms with van der Waals surface area (Å²) in [4.78, 5) is 28.2. The lowest BCUT2D eigenvalue weighted by molar-refractivity contribution is -0.277. The zero-order chi connectivity index (χ0) is 24.9. The lowest BCUT2D eigenvalue weighted by Crippen LogP contribution is -2.77. The van der Waals surface area contributed by atoms with Gasteiger partial charge in [-0.15, -0.1) is 0 Å². The van der Waals surface area contributed by atoms with Crippen molar-refractivity contribution < 1.29 is 33.3 Å². The normalized spacial score (nSPS) is 49.5. The maximum Gasteiger partial charge on any atom is 0.302 e. The number of hydrogen-bond donors (Lipinski definition) is 0. The smallest absolute Gasteiger partial charge is 0.302 e. The molecule has 35 heavy (non-hydrogen) atoms. The highest BCUT2D eigenvalue weighted by Crippen LogP contribution is 2.78. The summed E-state index contributed by atoms with van der Waals surface area (Å²) in [6.07, 6.45) is 1.27. The highest BCUT2D eigenvalue weighted by Gasteiger charge is 2.83. The quantitative estimate of drug-likeness (QED) is 0.396. The number of likely N-dealkylation sites (tertiary alicyclic amines) is 1. The molecule has 1 aliphatic heterocycles.